The van der Waals surface area contributed by atoms with Crippen LogP contribution < -0.4 is 55.0 Å². The van der Waals surface area contributed by atoms with Gasteiger partial charge in [-0.15, -0.1) is 0 Å². The zero-order valence-corrected chi connectivity index (χ0v) is 39.7. The van der Waals surface area contributed by atoms with E-state index >= 15 is 4.57 Å². The number of halogens is 3. The maximum Gasteiger partial charge on any atom is 0.526 e. The fourth-order valence-electron chi connectivity index (χ4n) is 11.5. The molecule has 67 heavy (non-hydrogen) atoms. The average molecular weight is 962 g/mol. The summed E-state index contributed by atoms with van der Waals surface area (Å²) in [5, 5.41) is 6.85. The van der Waals surface area contributed by atoms with Crippen LogP contribution in [0.4, 0.5) is 13.2 Å². The highest BCUT2D eigenvalue weighted by Gasteiger charge is 2.59. The van der Waals surface area contributed by atoms with Gasteiger partial charge in [0.2, 0.25) is 0 Å². The van der Waals surface area contributed by atoms with E-state index in [1.165, 1.54) is 0 Å². The lowest BCUT2D eigenvalue weighted by Gasteiger charge is -2.41. The van der Waals surface area contributed by atoms with Gasteiger partial charge in [0.25, 0.3) is 0 Å². The van der Waals surface area contributed by atoms with Crippen LogP contribution in [0.5, 0.6) is 11.5 Å². The fourth-order valence-corrected chi connectivity index (χ4v) is 24.2. The normalized spacial score (nSPS) is 15.9. The summed E-state index contributed by atoms with van der Waals surface area (Å²) in [7, 11) is -19.2. The Labute approximate surface area is 389 Å². The number of benzene rings is 8. The highest BCUT2D eigenvalue weighted by molar-refractivity contribution is 7.95. The predicted molar refractivity (Wildman–Crippen MR) is 265 cm³/mol. The van der Waals surface area contributed by atoms with E-state index < -0.39 is 44.8 Å². The maximum atomic E-state index is 16.2. The molecule has 0 aromatic heterocycles. The molecule has 0 bridgehead atoms. The quantitative estimate of drug-likeness (QED) is 0.0914. The fraction of sp³-hybridized carbons (Fsp3) is 0.111. The molecule has 11 rings (SSSR count). The Balaban J connectivity index is 1.30. The van der Waals surface area contributed by atoms with Crippen molar-refractivity contribution in [3.63, 3.8) is 0 Å². The van der Waals surface area contributed by atoms with Crippen molar-refractivity contribution in [2.24, 2.45) is 0 Å². The van der Waals surface area contributed by atoms with Gasteiger partial charge >= 0.3 is 23.3 Å². The molecule has 3 aliphatic rings. The van der Waals surface area contributed by atoms with E-state index in [1.807, 2.05) is 194 Å². The molecule has 6 nitrogen and oxygen atoms in total. The Bertz CT molecular complexity index is 2930. The SMILES string of the molecule is O=P1(NS(=O)(=O)C(F)(F)F)Oc2c([Si](c3ccccc3)(c3ccccc3)c3ccccc3)ccc3c2C2(CC3)CCc3ccc([Si](c4ccccc4)(c4ccccc4)c4ccccc4)c(c32)O1. The Kier molecular flexibility index (Phi) is 10.5. The maximum absolute atomic E-state index is 16.2. The predicted octanol–water partition coefficient (Wildman–Crippen LogP) is 6.94. The molecule has 1 N–H and O–H groups in total. The van der Waals surface area contributed by atoms with Crippen LogP contribution in [0.15, 0.2) is 206 Å². The Morgan fingerprint density at radius 2 is 0.746 bits per heavy atom. The van der Waals surface area contributed by atoms with Crippen LogP contribution >= 0.6 is 7.75 Å². The topological polar surface area (TPSA) is 81.7 Å². The minimum absolute atomic E-state index is 0.0908. The molecule has 0 saturated heterocycles. The molecule has 2 aliphatic carbocycles. The summed E-state index contributed by atoms with van der Waals surface area (Å²) in [4.78, 5) is 0. The van der Waals surface area contributed by atoms with Gasteiger partial charge in [0.1, 0.15) is 11.5 Å². The van der Waals surface area contributed by atoms with Crippen LogP contribution in [0.2, 0.25) is 0 Å². The first-order chi connectivity index (χ1) is 32.4. The lowest BCUT2D eigenvalue weighted by molar-refractivity contribution is -0.0443. The molecule has 1 heterocycles. The molecule has 0 unspecified atom stereocenters. The van der Waals surface area contributed by atoms with Crippen molar-refractivity contribution in [2.75, 3.05) is 0 Å². The molecule has 334 valence electrons. The smallest absolute Gasteiger partial charge is 0.404 e. The number of sulfonamides is 1. The summed E-state index contributed by atoms with van der Waals surface area (Å²) in [6.07, 6.45) is 2.40. The number of aryl methyl sites for hydroxylation is 2. The average Bonchev–Trinajstić information content (AvgIpc) is 3.92. The second-order valence-electron chi connectivity index (χ2n) is 17.5. The van der Waals surface area contributed by atoms with Gasteiger partial charge in [-0.3, -0.25) is 0 Å². The molecule has 8 aromatic carbocycles. The highest BCUT2D eigenvalue weighted by atomic mass is 32.2. The molecular formula is C54H43F3NO5PSSi2. The first kappa shape index (κ1) is 43.3. The molecule has 0 amide bonds. The van der Waals surface area contributed by atoms with Crippen LogP contribution in [0.25, 0.3) is 0 Å². The van der Waals surface area contributed by atoms with Gasteiger partial charge in [0, 0.05) is 16.5 Å². The van der Waals surface area contributed by atoms with Gasteiger partial charge in [0.15, 0.2) is 16.1 Å². The number of alkyl halides is 3. The summed E-state index contributed by atoms with van der Waals surface area (Å²) in [6, 6.07) is 67.7. The third kappa shape index (κ3) is 6.67. The van der Waals surface area contributed by atoms with Gasteiger partial charge in [-0.25, -0.2) is 13.0 Å². The van der Waals surface area contributed by atoms with Crippen molar-refractivity contribution in [1.29, 1.82) is 0 Å². The minimum atomic E-state index is -6.36. The number of hydrogen-bond donors (Lipinski definition) is 1. The van der Waals surface area contributed by atoms with Gasteiger partial charge in [0.05, 0.1) is 0 Å². The van der Waals surface area contributed by atoms with Gasteiger partial charge < -0.3 is 9.05 Å². The Morgan fingerprint density at radius 1 is 0.463 bits per heavy atom. The molecule has 0 saturated carbocycles. The third-order valence-electron chi connectivity index (χ3n) is 14.1. The van der Waals surface area contributed by atoms with Gasteiger partial charge in [-0.2, -0.15) is 13.2 Å². The van der Waals surface area contributed by atoms with E-state index in [2.05, 4.69) is 12.1 Å². The van der Waals surface area contributed by atoms with E-state index in [-0.39, 0.29) is 11.5 Å². The molecule has 0 radical (unpaired) electrons. The molecule has 1 aliphatic heterocycles. The van der Waals surface area contributed by atoms with Crippen molar-refractivity contribution in [1.82, 2.24) is 4.49 Å². The summed E-state index contributed by atoms with van der Waals surface area (Å²) >= 11 is 0. The van der Waals surface area contributed by atoms with Crippen molar-refractivity contribution in [3.05, 3.63) is 229 Å². The van der Waals surface area contributed by atoms with E-state index in [9.17, 15) is 21.6 Å². The van der Waals surface area contributed by atoms with Crippen LogP contribution in [-0.4, -0.2) is 30.1 Å². The molecule has 13 heteroatoms. The van der Waals surface area contributed by atoms with Crippen LogP contribution in [-0.2, 0) is 32.8 Å². The molecule has 0 atom stereocenters. The van der Waals surface area contributed by atoms with Crippen molar-refractivity contribution in [2.45, 2.75) is 36.6 Å². The molecule has 1 spiro atoms. The van der Waals surface area contributed by atoms with E-state index in [1.54, 1.807) is 4.49 Å². The van der Waals surface area contributed by atoms with Crippen molar-refractivity contribution in [3.8, 4) is 11.5 Å². The summed E-state index contributed by atoms with van der Waals surface area (Å²) in [5.74, 6) is 0.182. The molecular weight excluding hydrogens is 919 g/mol. The van der Waals surface area contributed by atoms with Crippen LogP contribution in [0, 0.1) is 0 Å². The van der Waals surface area contributed by atoms with Crippen molar-refractivity contribution < 1.29 is 35.2 Å². The van der Waals surface area contributed by atoms with Gasteiger partial charge in [-0.1, -0.05) is 211 Å². The summed E-state index contributed by atoms with van der Waals surface area (Å²) in [5.41, 5.74) is -3.47. The largest absolute Gasteiger partial charge is 0.526 e. The monoisotopic (exact) mass is 961 g/mol. The summed E-state index contributed by atoms with van der Waals surface area (Å²) in [6.45, 7) is 0. The lowest BCUT2D eigenvalue weighted by Crippen LogP contribution is -2.75. The lowest BCUT2D eigenvalue weighted by atomic mass is 9.76. The highest BCUT2D eigenvalue weighted by Crippen LogP contribution is 2.62. The van der Waals surface area contributed by atoms with E-state index in [0.717, 1.165) is 42.2 Å². The Hall–Kier alpha value is -6.28. The summed E-state index contributed by atoms with van der Waals surface area (Å²) < 4.78 is 103. The van der Waals surface area contributed by atoms with Gasteiger partial charge in [-0.05, 0) is 78.3 Å². The zero-order valence-electron chi connectivity index (χ0n) is 36.0. The Morgan fingerprint density at radius 3 is 1.01 bits per heavy atom. The minimum Gasteiger partial charge on any atom is -0.404 e. The second-order valence-corrected chi connectivity index (χ2v) is 28.6. The van der Waals surface area contributed by atoms with Crippen LogP contribution in [0.1, 0.15) is 35.1 Å². The number of nitrogens with one attached hydrogen (secondary N) is 1. The molecule has 0 fully saturated rings. The van der Waals surface area contributed by atoms with E-state index in [0.29, 0.717) is 47.2 Å². The van der Waals surface area contributed by atoms with Crippen LogP contribution in [0.3, 0.4) is 0 Å². The third-order valence-corrected chi connectivity index (χ3v) is 27.0. The van der Waals surface area contributed by atoms with E-state index in [4.69, 9.17) is 9.05 Å². The standard InChI is InChI=1S/C54H43F3NO5PSSi2/c55-54(56,57)65(60,61)58-64(59)62-51-47(66(41-19-7-1-8-20-41,42-21-9-2-10-22-42)43-23-11-3-12-24-43)33-31-39-35-37-53(49(39)51)38-36-40-32-34-48(52(63-64)50(40)53)67(44-25-13-4-14-26-44,45-27-15-5-16-28-45)46-29-17-6-18-30-46/h1-34H,35-38H2,(H,58,59). The molecule has 8 aromatic rings. The number of rotatable bonds is 10. The second kappa shape index (κ2) is 16.2. The first-order valence-electron chi connectivity index (χ1n) is 22.2. The van der Waals surface area contributed by atoms with Crippen molar-refractivity contribution >= 4 is 75.4 Å². The first-order valence-corrected chi connectivity index (χ1v) is 29.2. The number of hydrogen-bond acceptors (Lipinski definition) is 5. The zero-order chi connectivity index (χ0) is 46.1.